The molecule has 0 aromatic carbocycles. The fraction of sp³-hybridized carbons (Fsp3) is 0.500. The van der Waals surface area contributed by atoms with Crippen LogP contribution in [0.1, 0.15) is 6.42 Å². The van der Waals surface area contributed by atoms with Gasteiger partial charge in [0.05, 0.1) is 6.42 Å². The highest BCUT2D eigenvalue weighted by Gasteiger charge is 1.94. The number of nitrogens with one attached hydrogen (secondary N) is 1. The first kappa shape index (κ1) is 9.46. The van der Waals surface area contributed by atoms with E-state index in [2.05, 4.69) is 11.9 Å². The van der Waals surface area contributed by atoms with Crippen LogP contribution in [0.3, 0.4) is 0 Å². The third-order valence-corrected chi connectivity index (χ3v) is 0.966. The molecule has 0 aromatic rings. The van der Waals surface area contributed by atoms with Crippen LogP contribution in [0.25, 0.3) is 0 Å². The Labute approximate surface area is 64.7 Å². The van der Waals surface area contributed by atoms with Crippen molar-refractivity contribution in [1.82, 2.24) is 5.32 Å². The fourth-order valence-electron chi connectivity index (χ4n) is 0.419. The van der Waals surface area contributed by atoms with Crippen molar-refractivity contribution in [2.45, 2.75) is 6.42 Å². The highest BCUT2D eigenvalue weighted by Crippen LogP contribution is 1.91. The Kier molecular flexibility index (Phi) is 4.98. The number of aliphatic carboxylic acids is 1. The lowest BCUT2D eigenvalue weighted by Gasteiger charge is -1.98. The molecule has 58 valence electrons. The summed E-state index contributed by atoms with van der Waals surface area (Å²) in [7, 11) is 0. The van der Waals surface area contributed by atoms with Gasteiger partial charge in [0.25, 0.3) is 0 Å². The van der Waals surface area contributed by atoms with Crippen molar-refractivity contribution < 1.29 is 9.90 Å². The topological polar surface area (TPSA) is 49.3 Å². The Morgan fingerprint density at radius 2 is 2.30 bits per heavy atom. The molecule has 10 heavy (non-hydrogen) atoms. The molecule has 0 fully saturated rings. The zero-order valence-corrected chi connectivity index (χ0v) is 6.32. The molecule has 0 bridgehead atoms. The largest absolute Gasteiger partial charge is 0.481 e. The van der Waals surface area contributed by atoms with E-state index < -0.39 is 5.97 Å². The maximum atomic E-state index is 9.95. The summed E-state index contributed by atoms with van der Waals surface area (Å²) in [5.41, 5.74) is 0. The highest BCUT2D eigenvalue weighted by molar-refractivity contribution is 6.29. The van der Waals surface area contributed by atoms with E-state index in [9.17, 15) is 4.79 Å². The summed E-state index contributed by atoms with van der Waals surface area (Å²) in [6.45, 7) is 4.33. The second-order valence-corrected chi connectivity index (χ2v) is 2.37. The maximum Gasteiger partial charge on any atom is 0.304 e. The number of carboxylic acids is 1. The summed E-state index contributed by atoms with van der Waals surface area (Å²) in [4.78, 5) is 9.95. The normalized spacial score (nSPS) is 9.30. The van der Waals surface area contributed by atoms with Crippen LogP contribution in [0, 0.1) is 0 Å². The van der Waals surface area contributed by atoms with Crippen LogP contribution in [-0.2, 0) is 4.79 Å². The lowest BCUT2D eigenvalue weighted by molar-refractivity contribution is -0.136. The van der Waals surface area contributed by atoms with Crippen molar-refractivity contribution in [3.63, 3.8) is 0 Å². The van der Waals surface area contributed by atoms with Gasteiger partial charge in [-0.15, -0.1) is 0 Å². The smallest absolute Gasteiger partial charge is 0.304 e. The quantitative estimate of drug-likeness (QED) is 0.590. The van der Waals surface area contributed by atoms with E-state index in [0.29, 0.717) is 18.1 Å². The minimum absolute atomic E-state index is 0.115. The van der Waals surface area contributed by atoms with Crippen LogP contribution in [0.4, 0.5) is 0 Å². The molecule has 0 aromatic heterocycles. The molecular weight excluding hydrogens is 154 g/mol. The van der Waals surface area contributed by atoms with E-state index in [4.69, 9.17) is 16.7 Å². The first-order valence-corrected chi connectivity index (χ1v) is 3.26. The van der Waals surface area contributed by atoms with E-state index >= 15 is 0 Å². The minimum Gasteiger partial charge on any atom is -0.481 e. The zero-order chi connectivity index (χ0) is 7.98. The summed E-state index contributed by atoms with van der Waals surface area (Å²) in [6, 6.07) is 0. The Bertz CT molecular complexity index is 120. The van der Waals surface area contributed by atoms with Crippen molar-refractivity contribution >= 4 is 17.6 Å². The monoisotopic (exact) mass is 163 g/mol. The molecule has 0 aliphatic rings. The lowest BCUT2D eigenvalue weighted by Crippen LogP contribution is -2.19. The van der Waals surface area contributed by atoms with Gasteiger partial charge in [-0.2, -0.15) is 0 Å². The van der Waals surface area contributed by atoms with Crippen LogP contribution in [0.5, 0.6) is 0 Å². The summed E-state index contributed by atoms with van der Waals surface area (Å²) >= 11 is 5.39. The standard InChI is InChI=1S/C6H10ClNO2/c1-5(7)4-8-3-2-6(9)10/h8H,1-4H2,(H,9,10). The summed E-state index contributed by atoms with van der Waals surface area (Å²) in [5, 5.41) is 11.5. The van der Waals surface area contributed by atoms with Crippen LogP contribution < -0.4 is 5.32 Å². The van der Waals surface area contributed by atoms with E-state index in [1.807, 2.05) is 0 Å². The van der Waals surface area contributed by atoms with Crippen molar-refractivity contribution in [2.24, 2.45) is 0 Å². The Balaban J connectivity index is 3.06. The molecule has 0 saturated heterocycles. The summed E-state index contributed by atoms with van der Waals surface area (Å²) in [6.07, 6.45) is 0.115. The van der Waals surface area contributed by atoms with Crippen LogP contribution in [0.2, 0.25) is 0 Å². The van der Waals surface area contributed by atoms with Gasteiger partial charge in [0.2, 0.25) is 0 Å². The average Bonchev–Trinajstić information content (AvgIpc) is 1.79. The van der Waals surface area contributed by atoms with Gasteiger partial charge < -0.3 is 10.4 Å². The molecular formula is C6H10ClNO2. The van der Waals surface area contributed by atoms with Crippen LogP contribution in [-0.4, -0.2) is 24.2 Å². The zero-order valence-electron chi connectivity index (χ0n) is 5.56. The second kappa shape index (κ2) is 5.26. The average molecular weight is 164 g/mol. The van der Waals surface area contributed by atoms with Crippen LogP contribution in [0.15, 0.2) is 11.6 Å². The molecule has 0 saturated carbocycles. The van der Waals surface area contributed by atoms with E-state index in [1.165, 1.54) is 0 Å². The summed E-state index contributed by atoms with van der Waals surface area (Å²) < 4.78 is 0. The molecule has 0 unspecified atom stereocenters. The summed E-state index contributed by atoms with van der Waals surface area (Å²) in [5.74, 6) is -0.812. The first-order valence-electron chi connectivity index (χ1n) is 2.88. The molecule has 2 N–H and O–H groups in total. The highest BCUT2D eigenvalue weighted by atomic mass is 35.5. The fourth-order valence-corrected chi connectivity index (χ4v) is 0.514. The van der Waals surface area contributed by atoms with Crippen molar-refractivity contribution in [1.29, 1.82) is 0 Å². The second-order valence-electron chi connectivity index (χ2n) is 1.84. The molecule has 0 heterocycles. The molecule has 3 nitrogen and oxygen atoms in total. The minimum atomic E-state index is -0.812. The van der Waals surface area contributed by atoms with Crippen molar-refractivity contribution in [3.8, 4) is 0 Å². The Morgan fingerprint density at radius 3 is 2.70 bits per heavy atom. The molecule has 0 spiro atoms. The first-order chi connectivity index (χ1) is 4.63. The number of carboxylic acid groups (broad SMARTS) is 1. The van der Waals surface area contributed by atoms with E-state index in [0.717, 1.165) is 0 Å². The molecule has 0 atom stereocenters. The Hall–Kier alpha value is -0.540. The van der Waals surface area contributed by atoms with Gasteiger partial charge >= 0.3 is 5.97 Å². The predicted octanol–water partition coefficient (Wildman–Crippen LogP) is 0.803. The van der Waals surface area contributed by atoms with Gasteiger partial charge in [-0.3, -0.25) is 4.79 Å². The predicted molar refractivity (Wildman–Crippen MR) is 40.1 cm³/mol. The lowest BCUT2D eigenvalue weighted by atomic mass is 10.4. The van der Waals surface area contributed by atoms with Gasteiger partial charge in [0.15, 0.2) is 0 Å². The van der Waals surface area contributed by atoms with E-state index in [1.54, 1.807) is 0 Å². The van der Waals surface area contributed by atoms with E-state index in [-0.39, 0.29) is 6.42 Å². The van der Waals surface area contributed by atoms with Crippen molar-refractivity contribution in [2.75, 3.05) is 13.1 Å². The third-order valence-electron chi connectivity index (χ3n) is 0.832. The molecule has 0 amide bonds. The molecule has 0 aliphatic heterocycles. The molecule has 4 heteroatoms. The Morgan fingerprint density at radius 1 is 1.70 bits per heavy atom. The SMILES string of the molecule is C=C(Cl)CNCCC(=O)O. The maximum absolute atomic E-state index is 9.95. The van der Waals surface area contributed by atoms with Gasteiger partial charge in [0.1, 0.15) is 0 Å². The molecule has 0 radical (unpaired) electrons. The number of hydrogen-bond donors (Lipinski definition) is 2. The van der Waals surface area contributed by atoms with Crippen LogP contribution >= 0.6 is 11.6 Å². The van der Waals surface area contributed by atoms with Gasteiger partial charge in [-0.05, 0) is 0 Å². The third kappa shape index (κ3) is 7.46. The number of carbonyl (C=O) groups is 1. The number of rotatable bonds is 5. The number of hydrogen-bond acceptors (Lipinski definition) is 2. The van der Waals surface area contributed by atoms with Gasteiger partial charge in [-0.1, -0.05) is 18.2 Å². The molecule has 0 aliphatic carbocycles. The van der Waals surface area contributed by atoms with Gasteiger partial charge in [0, 0.05) is 18.1 Å². The van der Waals surface area contributed by atoms with Gasteiger partial charge in [-0.25, -0.2) is 0 Å². The number of halogens is 1. The van der Waals surface area contributed by atoms with Crippen molar-refractivity contribution in [3.05, 3.63) is 11.6 Å². The molecule has 0 rings (SSSR count).